The number of hydrogen-bond donors (Lipinski definition) is 0. The third-order valence-electron chi connectivity index (χ3n) is 3.39. The Hall–Kier alpha value is -2.33. The molecule has 0 unspecified atom stereocenters. The van der Waals surface area contributed by atoms with Gasteiger partial charge in [-0.1, -0.05) is 30.3 Å². The highest BCUT2D eigenvalue weighted by molar-refractivity contribution is 5.97. The van der Waals surface area contributed by atoms with Crippen molar-refractivity contribution in [3.05, 3.63) is 60.2 Å². The molecular weight excluding hydrogens is 266 g/mol. The molecule has 1 amide bonds. The van der Waals surface area contributed by atoms with Gasteiger partial charge in [0.1, 0.15) is 11.5 Å². The Morgan fingerprint density at radius 1 is 0.952 bits per heavy atom. The first-order valence-electron chi connectivity index (χ1n) is 7.03. The van der Waals surface area contributed by atoms with Gasteiger partial charge < -0.3 is 14.4 Å². The van der Waals surface area contributed by atoms with E-state index in [1.54, 1.807) is 11.0 Å². The van der Waals surface area contributed by atoms with Crippen molar-refractivity contribution in [3.8, 4) is 11.5 Å². The third-order valence-corrected chi connectivity index (χ3v) is 3.39. The number of benzene rings is 2. The maximum atomic E-state index is 12.6. The van der Waals surface area contributed by atoms with Crippen molar-refractivity contribution >= 4 is 5.91 Å². The second kappa shape index (κ2) is 6.41. The fourth-order valence-corrected chi connectivity index (χ4v) is 2.28. The summed E-state index contributed by atoms with van der Waals surface area (Å²) in [5.41, 5.74) is 0.586. The van der Waals surface area contributed by atoms with E-state index in [1.807, 2.05) is 48.5 Å². The first-order chi connectivity index (χ1) is 10.3. The summed E-state index contributed by atoms with van der Waals surface area (Å²) in [5.74, 6) is 1.30. The summed E-state index contributed by atoms with van der Waals surface area (Å²) in [7, 11) is 0. The van der Waals surface area contributed by atoms with Gasteiger partial charge in [-0.05, 0) is 24.3 Å². The lowest BCUT2D eigenvalue weighted by atomic mass is 10.1. The molecule has 0 aromatic heterocycles. The van der Waals surface area contributed by atoms with Crippen LogP contribution in [0.5, 0.6) is 11.5 Å². The molecule has 0 atom stereocenters. The molecular formula is C17H17NO3. The van der Waals surface area contributed by atoms with Gasteiger partial charge in [-0.3, -0.25) is 4.79 Å². The Kier molecular flexibility index (Phi) is 4.17. The van der Waals surface area contributed by atoms with Gasteiger partial charge in [0.15, 0.2) is 0 Å². The predicted molar refractivity (Wildman–Crippen MR) is 79.7 cm³/mol. The maximum Gasteiger partial charge on any atom is 0.257 e. The number of carbonyl (C=O) groups excluding carboxylic acids is 1. The number of carbonyl (C=O) groups is 1. The molecule has 0 radical (unpaired) electrons. The van der Waals surface area contributed by atoms with Crippen LogP contribution in [0.15, 0.2) is 54.6 Å². The zero-order chi connectivity index (χ0) is 14.5. The van der Waals surface area contributed by atoms with Gasteiger partial charge in [-0.2, -0.15) is 0 Å². The summed E-state index contributed by atoms with van der Waals surface area (Å²) in [6.07, 6.45) is 0. The quantitative estimate of drug-likeness (QED) is 0.869. The summed E-state index contributed by atoms with van der Waals surface area (Å²) in [6.45, 7) is 2.43. The molecule has 21 heavy (non-hydrogen) atoms. The van der Waals surface area contributed by atoms with Crippen molar-refractivity contribution in [3.63, 3.8) is 0 Å². The fraction of sp³-hybridized carbons (Fsp3) is 0.235. The number of nitrogens with zero attached hydrogens (tertiary/aromatic N) is 1. The zero-order valence-electron chi connectivity index (χ0n) is 11.7. The first kappa shape index (κ1) is 13.6. The Balaban J connectivity index is 1.83. The van der Waals surface area contributed by atoms with Crippen LogP contribution in [0.2, 0.25) is 0 Å². The van der Waals surface area contributed by atoms with E-state index in [9.17, 15) is 4.79 Å². The van der Waals surface area contributed by atoms with E-state index in [0.717, 1.165) is 5.75 Å². The smallest absolute Gasteiger partial charge is 0.257 e. The second-order valence-electron chi connectivity index (χ2n) is 4.82. The average Bonchev–Trinajstić information content (AvgIpc) is 2.56. The molecule has 1 heterocycles. The van der Waals surface area contributed by atoms with Gasteiger partial charge in [-0.25, -0.2) is 0 Å². The van der Waals surface area contributed by atoms with Gasteiger partial charge in [0.25, 0.3) is 5.91 Å². The van der Waals surface area contributed by atoms with Crippen LogP contribution < -0.4 is 4.74 Å². The van der Waals surface area contributed by atoms with Gasteiger partial charge in [0.05, 0.1) is 18.8 Å². The van der Waals surface area contributed by atoms with Crippen LogP contribution in [0.4, 0.5) is 0 Å². The molecule has 0 spiro atoms. The molecule has 4 nitrogen and oxygen atoms in total. The summed E-state index contributed by atoms with van der Waals surface area (Å²) in [4.78, 5) is 14.4. The number of amides is 1. The van der Waals surface area contributed by atoms with Crippen molar-refractivity contribution in [1.29, 1.82) is 0 Å². The molecule has 2 aromatic carbocycles. The van der Waals surface area contributed by atoms with Crippen molar-refractivity contribution in [2.75, 3.05) is 26.3 Å². The predicted octanol–water partition coefficient (Wildman–Crippen LogP) is 2.95. The fourth-order valence-electron chi connectivity index (χ4n) is 2.28. The molecule has 0 N–H and O–H groups in total. The maximum absolute atomic E-state index is 12.6. The number of para-hydroxylation sites is 2. The van der Waals surface area contributed by atoms with Crippen LogP contribution >= 0.6 is 0 Å². The molecule has 1 saturated heterocycles. The Morgan fingerprint density at radius 2 is 1.62 bits per heavy atom. The van der Waals surface area contributed by atoms with Crippen molar-refractivity contribution in [1.82, 2.24) is 4.90 Å². The lowest BCUT2D eigenvalue weighted by Crippen LogP contribution is -2.40. The molecule has 2 aromatic rings. The molecule has 1 aliphatic rings. The largest absolute Gasteiger partial charge is 0.457 e. The van der Waals surface area contributed by atoms with Crippen LogP contribution in [0.25, 0.3) is 0 Å². The monoisotopic (exact) mass is 283 g/mol. The molecule has 0 aliphatic carbocycles. The lowest BCUT2D eigenvalue weighted by Gasteiger charge is -2.27. The van der Waals surface area contributed by atoms with Crippen molar-refractivity contribution in [2.45, 2.75) is 0 Å². The van der Waals surface area contributed by atoms with Crippen molar-refractivity contribution < 1.29 is 14.3 Å². The molecule has 0 saturated carbocycles. The lowest BCUT2D eigenvalue weighted by molar-refractivity contribution is 0.0301. The minimum atomic E-state index is -0.00942. The van der Waals surface area contributed by atoms with E-state index >= 15 is 0 Å². The summed E-state index contributed by atoms with van der Waals surface area (Å²) in [6, 6.07) is 16.8. The first-order valence-corrected chi connectivity index (χ1v) is 7.03. The molecule has 108 valence electrons. The Bertz CT molecular complexity index is 606. The minimum absolute atomic E-state index is 0.00942. The third kappa shape index (κ3) is 3.23. The Labute approximate surface area is 123 Å². The van der Waals surface area contributed by atoms with Crippen molar-refractivity contribution in [2.24, 2.45) is 0 Å². The normalized spacial score (nSPS) is 14.8. The summed E-state index contributed by atoms with van der Waals surface area (Å²) >= 11 is 0. The standard InChI is InChI=1S/C17H17NO3/c19-17(18-10-12-20-13-11-18)15-8-4-5-9-16(15)21-14-6-2-1-3-7-14/h1-9H,10-13H2. The highest BCUT2D eigenvalue weighted by Crippen LogP contribution is 2.26. The van der Waals surface area contributed by atoms with Crippen LogP contribution in [0.3, 0.4) is 0 Å². The number of hydrogen-bond acceptors (Lipinski definition) is 3. The number of ether oxygens (including phenoxy) is 2. The molecule has 4 heteroatoms. The van der Waals surface area contributed by atoms with E-state index in [4.69, 9.17) is 9.47 Å². The molecule has 1 fully saturated rings. The molecule has 1 aliphatic heterocycles. The summed E-state index contributed by atoms with van der Waals surface area (Å²) in [5, 5.41) is 0. The van der Waals surface area contributed by atoms with E-state index in [-0.39, 0.29) is 5.91 Å². The molecule has 3 rings (SSSR count). The van der Waals surface area contributed by atoms with Gasteiger partial charge in [0, 0.05) is 13.1 Å². The number of morpholine rings is 1. The van der Waals surface area contributed by atoms with E-state index < -0.39 is 0 Å². The topological polar surface area (TPSA) is 38.8 Å². The van der Waals surface area contributed by atoms with Crippen LogP contribution in [-0.4, -0.2) is 37.1 Å². The van der Waals surface area contributed by atoms with E-state index in [0.29, 0.717) is 37.6 Å². The highest BCUT2D eigenvalue weighted by atomic mass is 16.5. The van der Waals surface area contributed by atoms with Crippen LogP contribution in [-0.2, 0) is 4.74 Å². The average molecular weight is 283 g/mol. The Morgan fingerprint density at radius 3 is 2.38 bits per heavy atom. The second-order valence-corrected chi connectivity index (χ2v) is 4.82. The van der Waals surface area contributed by atoms with Gasteiger partial charge >= 0.3 is 0 Å². The van der Waals surface area contributed by atoms with Gasteiger partial charge in [0.2, 0.25) is 0 Å². The number of rotatable bonds is 3. The zero-order valence-corrected chi connectivity index (χ0v) is 11.7. The van der Waals surface area contributed by atoms with Crippen LogP contribution in [0.1, 0.15) is 10.4 Å². The van der Waals surface area contributed by atoms with Crippen LogP contribution in [0, 0.1) is 0 Å². The van der Waals surface area contributed by atoms with Gasteiger partial charge in [-0.15, -0.1) is 0 Å². The van der Waals surface area contributed by atoms with E-state index in [2.05, 4.69) is 0 Å². The highest BCUT2D eigenvalue weighted by Gasteiger charge is 2.21. The summed E-state index contributed by atoms with van der Waals surface area (Å²) < 4.78 is 11.1. The molecule has 0 bridgehead atoms. The SMILES string of the molecule is O=C(c1ccccc1Oc1ccccc1)N1CCOCC1. The van der Waals surface area contributed by atoms with E-state index in [1.165, 1.54) is 0 Å². The minimum Gasteiger partial charge on any atom is -0.457 e.